The molecule has 3 nitrogen and oxygen atoms in total. The lowest BCUT2D eigenvalue weighted by molar-refractivity contribution is 0.482. The van der Waals surface area contributed by atoms with Gasteiger partial charge in [-0.2, -0.15) is 0 Å². The van der Waals surface area contributed by atoms with Crippen LogP contribution in [0, 0.1) is 0 Å². The maximum Gasteiger partial charge on any atom is 0.117 e. The van der Waals surface area contributed by atoms with Gasteiger partial charge in [0.2, 0.25) is 0 Å². The highest BCUT2D eigenvalue weighted by atomic mass is 16.3. The summed E-state index contributed by atoms with van der Waals surface area (Å²) >= 11 is 0. The van der Waals surface area contributed by atoms with E-state index in [2.05, 4.69) is 28.5 Å². The van der Waals surface area contributed by atoms with Gasteiger partial charge in [0.15, 0.2) is 0 Å². The highest BCUT2D eigenvalue weighted by molar-refractivity contribution is 5.78. The Kier molecular flexibility index (Phi) is 3.07. The molecule has 0 atom stereocenters. The molecule has 0 spiro atoms. The van der Waals surface area contributed by atoms with E-state index in [1.54, 1.807) is 6.26 Å². The zero-order valence-corrected chi connectivity index (χ0v) is 9.97. The molecular weight excluding hydrogens is 224 g/mol. The fourth-order valence-corrected chi connectivity index (χ4v) is 1.93. The Bertz CT molecular complexity index is 632. The topological polar surface area (TPSA) is 38.1 Å². The number of rotatable bonds is 4. The van der Waals surface area contributed by atoms with E-state index in [4.69, 9.17) is 4.42 Å². The quantitative estimate of drug-likeness (QED) is 0.759. The van der Waals surface area contributed by atoms with E-state index in [-0.39, 0.29) is 0 Å². The van der Waals surface area contributed by atoms with Crippen molar-refractivity contribution in [2.75, 3.05) is 0 Å². The summed E-state index contributed by atoms with van der Waals surface area (Å²) in [6, 6.07) is 16.2. The summed E-state index contributed by atoms with van der Waals surface area (Å²) in [5.74, 6) is 0.941. The zero-order valence-electron chi connectivity index (χ0n) is 9.97. The molecule has 90 valence electrons. The molecule has 0 fully saturated rings. The number of furan rings is 1. The number of benzene rings is 1. The minimum absolute atomic E-state index is 0.724. The van der Waals surface area contributed by atoms with Crippen molar-refractivity contribution >= 4 is 10.9 Å². The van der Waals surface area contributed by atoms with Gasteiger partial charge in [0.25, 0.3) is 0 Å². The van der Waals surface area contributed by atoms with Crippen molar-refractivity contribution in [2.24, 2.45) is 0 Å². The molecule has 3 heteroatoms. The summed E-state index contributed by atoms with van der Waals surface area (Å²) in [5, 5.41) is 4.49. The third kappa shape index (κ3) is 2.41. The number of aromatic nitrogens is 1. The summed E-state index contributed by atoms with van der Waals surface area (Å²) in [5.41, 5.74) is 2.08. The van der Waals surface area contributed by atoms with Crippen LogP contribution in [0.5, 0.6) is 0 Å². The second-order valence-corrected chi connectivity index (χ2v) is 4.18. The van der Waals surface area contributed by atoms with Gasteiger partial charge in [-0.05, 0) is 24.3 Å². The predicted octanol–water partition coefficient (Wildman–Crippen LogP) is 3.12. The zero-order chi connectivity index (χ0) is 12.2. The average molecular weight is 238 g/mol. The standard InChI is InChI=1S/C15H14N2O/c1-2-6-15-12(4-1)7-8-13(17-15)10-16-11-14-5-3-9-18-14/h1-9,16H,10-11H2. The molecule has 3 rings (SSSR count). The van der Waals surface area contributed by atoms with Crippen LogP contribution in [0.4, 0.5) is 0 Å². The van der Waals surface area contributed by atoms with E-state index >= 15 is 0 Å². The molecule has 0 aliphatic heterocycles. The van der Waals surface area contributed by atoms with Crippen LogP contribution in [-0.4, -0.2) is 4.98 Å². The number of pyridine rings is 1. The predicted molar refractivity (Wildman–Crippen MR) is 71.0 cm³/mol. The molecular formula is C15H14N2O. The van der Waals surface area contributed by atoms with Crippen LogP contribution in [0.2, 0.25) is 0 Å². The second-order valence-electron chi connectivity index (χ2n) is 4.18. The van der Waals surface area contributed by atoms with Crippen LogP contribution in [0.1, 0.15) is 11.5 Å². The molecule has 0 saturated heterocycles. The van der Waals surface area contributed by atoms with Crippen LogP contribution in [0.3, 0.4) is 0 Å². The summed E-state index contributed by atoms with van der Waals surface area (Å²) < 4.78 is 5.26. The lowest BCUT2D eigenvalue weighted by atomic mass is 10.2. The Morgan fingerprint density at radius 3 is 2.78 bits per heavy atom. The number of hydrogen-bond acceptors (Lipinski definition) is 3. The van der Waals surface area contributed by atoms with Crippen molar-refractivity contribution in [1.82, 2.24) is 10.3 Å². The van der Waals surface area contributed by atoms with E-state index in [1.807, 2.05) is 30.3 Å². The van der Waals surface area contributed by atoms with Crippen molar-refractivity contribution in [3.8, 4) is 0 Å². The molecule has 1 N–H and O–H groups in total. The van der Waals surface area contributed by atoms with Crippen molar-refractivity contribution in [3.05, 3.63) is 66.2 Å². The van der Waals surface area contributed by atoms with Gasteiger partial charge in [-0.3, -0.25) is 4.98 Å². The first-order valence-corrected chi connectivity index (χ1v) is 5.99. The maximum atomic E-state index is 5.26. The van der Waals surface area contributed by atoms with Crippen LogP contribution >= 0.6 is 0 Å². The fourth-order valence-electron chi connectivity index (χ4n) is 1.93. The Labute approximate surface area is 105 Å². The highest BCUT2D eigenvalue weighted by Crippen LogP contribution is 2.11. The smallest absolute Gasteiger partial charge is 0.117 e. The number of hydrogen-bond donors (Lipinski definition) is 1. The van der Waals surface area contributed by atoms with Gasteiger partial charge in [-0.25, -0.2) is 0 Å². The Morgan fingerprint density at radius 1 is 0.944 bits per heavy atom. The monoisotopic (exact) mass is 238 g/mol. The SMILES string of the molecule is c1coc(CNCc2ccc3ccccc3n2)c1. The van der Waals surface area contributed by atoms with Gasteiger partial charge >= 0.3 is 0 Å². The first kappa shape index (κ1) is 11.0. The van der Waals surface area contributed by atoms with Gasteiger partial charge in [0.05, 0.1) is 24.0 Å². The third-order valence-corrected chi connectivity index (χ3v) is 2.84. The van der Waals surface area contributed by atoms with Crippen LogP contribution in [-0.2, 0) is 13.1 Å². The lowest BCUT2D eigenvalue weighted by Crippen LogP contribution is -2.13. The Balaban J connectivity index is 1.67. The average Bonchev–Trinajstić information content (AvgIpc) is 2.92. The molecule has 0 aliphatic rings. The van der Waals surface area contributed by atoms with Gasteiger partial charge in [0, 0.05) is 11.9 Å². The van der Waals surface area contributed by atoms with Crippen molar-refractivity contribution in [2.45, 2.75) is 13.1 Å². The van der Waals surface area contributed by atoms with Crippen LogP contribution in [0.25, 0.3) is 10.9 Å². The van der Waals surface area contributed by atoms with Crippen LogP contribution in [0.15, 0.2) is 59.2 Å². The summed E-state index contributed by atoms with van der Waals surface area (Å²) in [6.07, 6.45) is 1.69. The molecule has 0 bridgehead atoms. The highest BCUT2D eigenvalue weighted by Gasteiger charge is 1.99. The number of nitrogens with one attached hydrogen (secondary N) is 1. The lowest BCUT2D eigenvalue weighted by Gasteiger charge is -2.04. The van der Waals surface area contributed by atoms with Gasteiger partial charge in [-0.15, -0.1) is 0 Å². The second kappa shape index (κ2) is 5.02. The van der Waals surface area contributed by atoms with Gasteiger partial charge in [0.1, 0.15) is 5.76 Å². The molecule has 18 heavy (non-hydrogen) atoms. The van der Waals surface area contributed by atoms with Gasteiger partial charge < -0.3 is 9.73 Å². The van der Waals surface area contributed by atoms with Crippen LogP contribution < -0.4 is 5.32 Å². The molecule has 1 aromatic carbocycles. The van der Waals surface area contributed by atoms with E-state index in [1.165, 1.54) is 5.39 Å². The molecule has 0 aliphatic carbocycles. The molecule has 3 aromatic rings. The van der Waals surface area contributed by atoms with E-state index < -0.39 is 0 Å². The molecule has 2 aromatic heterocycles. The largest absolute Gasteiger partial charge is 0.468 e. The molecule has 2 heterocycles. The number of nitrogens with zero attached hydrogens (tertiary/aromatic N) is 1. The van der Waals surface area contributed by atoms with Crippen molar-refractivity contribution < 1.29 is 4.42 Å². The first-order chi connectivity index (χ1) is 8.92. The van der Waals surface area contributed by atoms with Gasteiger partial charge in [-0.1, -0.05) is 24.3 Å². The summed E-state index contributed by atoms with van der Waals surface area (Å²) in [7, 11) is 0. The van der Waals surface area contributed by atoms with E-state index in [0.29, 0.717) is 0 Å². The molecule has 0 unspecified atom stereocenters. The number of fused-ring (bicyclic) bond motifs is 1. The fraction of sp³-hybridized carbons (Fsp3) is 0.133. The van der Waals surface area contributed by atoms with Crippen molar-refractivity contribution in [1.29, 1.82) is 0 Å². The molecule has 0 saturated carbocycles. The van der Waals surface area contributed by atoms with E-state index in [0.717, 1.165) is 30.1 Å². The van der Waals surface area contributed by atoms with Crippen molar-refractivity contribution in [3.63, 3.8) is 0 Å². The van der Waals surface area contributed by atoms with E-state index in [9.17, 15) is 0 Å². The summed E-state index contributed by atoms with van der Waals surface area (Å²) in [4.78, 5) is 4.60. The minimum atomic E-state index is 0.724. The summed E-state index contributed by atoms with van der Waals surface area (Å²) in [6.45, 7) is 1.47. The minimum Gasteiger partial charge on any atom is -0.468 e. The number of para-hydroxylation sites is 1. The third-order valence-electron chi connectivity index (χ3n) is 2.84. The Hall–Kier alpha value is -2.13. The maximum absolute atomic E-state index is 5.26. The first-order valence-electron chi connectivity index (χ1n) is 5.99. The Morgan fingerprint density at radius 2 is 1.89 bits per heavy atom. The molecule has 0 radical (unpaired) electrons. The normalized spacial score (nSPS) is 10.9. The molecule has 0 amide bonds.